The molecule has 3 nitrogen and oxygen atoms in total. The second-order valence-electron chi connectivity index (χ2n) is 4.55. The lowest BCUT2D eigenvalue weighted by molar-refractivity contribution is 0.224. The molecule has 14 heavy (non-hydrogen) atoms. The predicted molar refractivity (Wildman–Crippen MR) is 61.9 cm³/mol. The monoisotopic (exact) mass is 257 g/mol. The predicted octanol–water partition coefficient (Wildman–Crippen LogP) is 2.58. The van der Waals surface area contributed by atoms with Gasteiger partial charge in [-0.3, -0.25) is 5.43 Å². The van der Waals surface area contributed by atoms with E-state index in [9.17, 15) is 0 Å². The highest BCUT2D eigenvalue weighted by Gasteiger charge is 2.39. The molecular formula is C8H14Cl3N3. The van der Waals surface area contributed by atoms with Crippen molar-refractivity contribution in [2.75, 3.05) is 6.54 Å². The van der Waals surface area contributed by atoms with Crippen LogP contribution in [0.4, 0.5) is 0 Å². The van der Waals surface area contributed by atoms with E-state index in [-0.39, 0.29) is 11.6 Å². The van der Waals surface area contributed by atoms with Gasteiger partial charge in [0, 0.05) is 6.54 Å². The molecule has 0 bridgehead atoms. The highest BCUT2D eigenvalue weighted by Crippen LogP contribution is 2.34. The average molecular weight is 259 g/mol. The zero-order valence-electron chi connectivity index (χ0n) is 8.39. The molecule has 0 spiro atoms. The summed E-state index contributed by atoms with van der Waals surface area (Å²) < 4.78 is -1.37. The van der Waals surface area contributed by atoms with E-state index in [2.05, 4.69) is 31.3 Å². The van der Waals surface area contributed by atoms with Crippen LogP contribution in [0.2, 0.25) is 0 Å². The number of alkyl halides is 3. The maximum absolute atomic E-state index is 5.81. The first-order valence-electron chi connectivity index (χ1n) is 4.31. The van der Waals surface area contributed by atoms with Crippen LogP contribution < -0.4 is 5.43 Å². The summed E-state index contributed by atoms with van der Waals surface area (Å²) in [6.45, 7) is 7.14. The molecule has 1 N–H and O–H groups in total. The summed E-state index contributed by atoms with van der Waals surface area (Å²) in [4.78, 5) is 1.90. The van der Waals surface area contributed by atoms with Gasteiger partial charge in [-0.15, -0.1) is 0 Å². The Morgan fingerprint density at radius 3 is 2.36 bits per heavy atom. The lowest BCUT2D eigenvalue weighted by Gasteiger charge is -2.33. The number of hydrogen-bond donors (Lipinski definition) is 1. The summed E-state index contributed by atoms with van der Waals surface area (Å²) in [7, 11) is 0. The smallest absolute Gasteiger partial charge is 0.230 e. The van der Waals surface area contributed by atoms with E-state index in [4.69, 9.17) is 34.8 Å². The molecule has 0 aromatic heterocycles. The summed E-state index contributed by atoms with van der Waals surface area (Å²) in [5.74, 6) is 0. The fraction of sp³-hybridized carbons (Fsp3) is 0.875. The first-order chi connectivity index (χ1) is 6.20. The van der Waals surface area contributed by atoms with Gasteiger partial charge in [0.05, 0.1) is 0 Å². The molecule has 0 saturated heterocycles. The third kappa shape index (κ3) is 3.37. The normalized spacial score (nSPS) is 22.7. The molecule has 0 aromatic rings. The molecule has 1 heterocycles. The molecular weight excluding hydrogens is 244 g/mol. The SMILES string of the molecule is CC(C)(C)CN1C=NNC1C(Cl)(Cl)Cl. The van der Waals surface area contributed by atoms with E-state index in [0.717, 1.165) is 6.54 Å². The van der Waals surface area contributed by atoms with Gasteiger partial charge in [0.15, 0.2) is 6.17 Å². The molecule has 82 valence electrons. The molecule has 0 saturated carbocycles. The summed E-state index contributed by atoms with van der Waals surface area (Å²) >= 11 is 17.4. The van der Waals surface area contributed by atoms with Crippen molar-refractivity contribution >= 4 is 41.1 Å². The molecule has 1 unspecified atom stereocenters. The van der Waals surface area contributed by atoms with Crippen LogP contribution in [-0.4, -0.2) is 27.7 Å². The lowest BCUT2D eigenvalue weighted by atomic mass is 9.96. The minimum Gasteiger partial charge on any atom is -0.336 e. The van der Waals surface area contributed by atoms with Crippen LogP contribution in [0.15, 0.2) is 5.10 Å². The van der Waals surface area contributed by atoms with Gasteiger partial charge < -0.3 is 4.90 Å². The van der Waals surface area contributed by atoms with Gasteiger partial charge >= 0.3 is 0 Å². The molecule has 6 heteroatoms. The molecule has 1 aliphatic rings. The summed E-state index contributed by atoms with van der Waals surface area (Å²) in [5, 5.41) is 3.89. The number of hydrazone groups is 1. The molecule has 1 atom stereocenters. The lowest BCUT2D eigenvalue weighted by Crippen LogP contribution is -2.49. The van der Waals surface area contributed by atoms with Crippen LogP contribution in [0.1, 0.15) is 20.8 Å². The van der Waals surface area contributed by atoms with Crippen molar-refractivity contribution in [2.24, 2.45) is 10.5 Å². The summed E-state index contributed by atoms with van der Waals surface area (Å²) in [5.41, 5.74) is 2.90. The van der Waals surface area contributed by atoms with Crippen molar-refractivity contribution in [1.82, 2.24) is 10.3 Å². The van der Waals surface area contributed by atoms with Crippen LogP contribution in [-0.2, 0) is 0 Å². The zero-order valence-corrected chi connectivity index (χ0v) is 10.7. The van der Waals surface area contributed by atoms with Crippen LogP contribution in [0.25, 0.3) is 0 Å². The number of rotatable bonds is 1. The van der Waals surface area contributed by atoms with Crippen molar-refractivity contribution in [1.29, 1.82) is 0 Å². The maximum Gasteiger partial charge on any atom is 0.230 e. The van der Waals surface area contributed by atoms with Gasteiger partial charge in [-0.2, -0.15) is 5.10 Å². The first kappa shape index (κ1) is 12.2. The molecule has 0 radical (unpaired) electrons. The number of nitrogens with zero attached hydrogens (tertiary/aromatic N) is 2. The highest BCUT2D eigenvalue weighted by molar-refractivity contribution is 6.68. The third-order valence-corrected chi connectivity index (χ3v) is 2.32. The van der Waals surface area contributed by atoms with Crippen molar-refractivity contribution in [3.63, 3.8) is 0 Å². The third-order valence-electron chi connectivity index (χ3n) is 1.70. The van der Waals surface area contributed by atoms with Gasteiger partial charge in [0.25, 0.3) is 0 Å². The Morgan fingerprint density at radius 2 is 1.93 bits per heavy atom. The van der Waals surface area contributed by atoms with Gasteiger partial charge in [-0.05, 0) is 5.41 Å². The average Bonchev–Trinajstić information content (AvgIpc) is 2.29. The number of nitrogens with one attached hydrogen (secondary N) is 1. The fourth-order valence-electron chi connectivity index (χ4n) is 1.26. The van der Waals surface area contributed by atoms with E-state index in [1.807, 2.05) is 4.90 Å². The Kier molecular flexibility index (Phi) is 3.45. The minimum absolute atomic E-state index is 0.131. The van der Waals surface area contributed by atoms with Gasteiger partial charge in [-0.25, -0.2) is 0 Å². The van der Waals surface area contributed by atoms with Crippen LogP contribution >= 0.6 is 34.8 Å². The quantitative estimate of drug-likeness (QED) is 0.732. The summed E-state index contributed by atoms with van der Waals surface area (Å²) in [6, 6.07) is 0. The van der Waals surface area contributed by atoms with E-state index < -0.39 is 3.79 Å². The standard InChI is InChI=1S/C8H14Cl3N3/c1-7(2,3)4-14-5-12-13-6(14)8(9,10)11/h5-6,13H,4H2,1-3H3. The zero-order chi connectivity index (χ0) is 11.0. The number of hydrogen-bond acceptors (Lipinski definition) is 3. The molecule has 0 aliphatic carbocycles. The Labute approximate surface area is 99.4 Å². The van der Waals surface area contributed by atoms with Crippen LogP contribution in [0.5, 0.6) is 0 Å². The molecule has 1 rings (SSSR count). The van der Waals surface area contributed by atoms with Crippen LogP contribution in [0, 0.1) is 5.41 Å². The maximum atomic E-state index is 5.81. The topological polar surface area (TPSA) is 27.6 Å². The van der Waals surface area contributed by atoms with Gasteiger partial charge in [-0.1, -0.05) is 55.6 Å². The van der Waals surface area contributed by atoms with Crippen molar-refractivity contribution in [3.05, 3.63) is 0 Å². The summed E-state index contributed by atoms with van der Waals surface area (Å²) in [6.07, 6.45) is 1.28. The van der Waals surface area contributed by atoms with Crippen molar-refractivity contribution in [2.45, 2.75) is 30.7 Å². The molecule has 0 amide bonds. The number of halogens is 3. The largest absolute Gasteiger partial charge is 0.336 e. The van der Waals surface area contributed by atoms with Gasteiger partial charge in [0.1, 0.15) is 6.34 Å². The Hall–Kier alpha value is 0.140. The van der Waals surface area contributed by atoms with E-state index in [0.29, 0.717) is 0 Å². The van der Waals surface area contributed by atoms with E-state index >= 15 is 0 Å². The molecule has 0 fully saturated rings. The minimum atomic E-state index is -1.37. The Bertz CT molecular complexity index is 229. The fourth-order valence-corrected chi connectivity index (χ4v) is 1.78. The Balaban J connectivity index is 2.65. The van der Waals surface area contributed by atoms with E-state index in [1.54, 1.807) is 6.34 Å². The Morgan fingerprint density at radius 1 is 1.36 bits per heavy atom. The van der Waals surface area contributed by atoms with E-state index in [1.165, 1.54) is 0 Å². The second kappa shape index (κ2) is 3.95. The highest BCUT2D eigenvalue weighted by atomic mass is 35.6. The molecule has 1 aliphatic heterocycles. The van der Waals surface area contributed by atoms with Crippen LogP contribution in [0.3, 0.4) is 0 Å². The van der Waals surface area contributed by atoms with Crippen molar-refractivity contribution in [3.8, 4) is 0 Å². The molecule has 0 aromatic carbocycles. The first-order valence-corrected chi connectivity index (χ1v) is 5.45. The second-order valence-corrected chi connectivity index (χ2v) is 6.92. The van der Waals surface area contributed by atoms with Crippen molar-refractivity contribution < 1.29 is 0 Å². The van der Waals surface area contributed by atoms with Gasteiger partial charge in [0.2, 0.25) is 3.79 Å².